The Balaban J connectivity index is 2.81. The number of rotatable bonds is 6. The number of nitrogens with one attached hydrogen (secondary N) is 1. The van der Waals surface area contributed by atoms with Crippen LogP contribution in [0.1, 0.15) is 13.3 Å². The van der Waals surface area contributed by atoms with Gasteiger partial charge in [0.2, 0.25) is 0 Å². The first-order valence-electron chi connectivity index (χ1n) is 6.10. The largest absolute Gasteiger partial charge is 0.395 e. The third kappa shape index (κ3) is 4.36. The van der Waals surface area contributed by atoms with Crippen LogP contribution in [-0.2, 0) is 0 Å². The molecule has 0 aliphatic heterocycles. The number of non-ortho nitro benzene ring substituents is 1. The summed E-state index contributed by atoms with van der Waals surface area (Å²) in [4.78, 5) is 23.4. The summed E-state index contributed by atoms with van der Waals surface area (Å²) >= 11 is 5.89. The quantitative estimate of drug-likeness (QED) is 0.623. The van der Waals surface area contributed by atoms with Crippen molar-refractivity contribution in [3.8, 4) is 0 Å². The van der Waals surface area contributed by atoms with Gasteiger partial charge in [-0.15, -0.1) is 0 Å². The molecular formula is C12H16ClN3O4. The van der Waals surface area contributed by atoms with Crippen molar-refractivity contribution in [2.24, 2.45) is 0 Å². The molecule has 0 heterocycles. The van der Waals surface area contributed by atoms with Crippen molar-refractivity contribution in [3.05, 3.63) is 33.3 Å². The average Bonchev–Trinajstić information content (AvgIpc) is 2.40. The molecule has 2 amide bonds. The Morgan fingerprint density at radius 3 is 2.70 bits per heavy atom. The monoisotopic (exact) mass is 301 g/mol. The number of halogens is 1. The Morgan fingerprint density at radius 2 is 2.20 bits per heavy atom. The van der Waals surface area contributed by atoms with Crippen molar-refractivity contribution in [1.82, 2.24) is 4.90 Å². The van der Waals surface area contributed by atoms with E-state index in [9.17, 15) is 14.9 Å². The highest BCUT2D eigenvalue weighted by Gasteiger charge is 2.15. The Bertz CT molecular complexity index is 490. The van der Waals surface area contributed by atoms with Gasteiger partial charge in [-0.3, -0.25) is 10.1 Å². The standard InChI is InChI=1S/C12H16ClN3O4/c1-2-5-15(6-7-17)12(18)14-11-4-3-9(16(19)20)8-10(11)13/h3-4,8,17H,2,5-7H2,1H3,(H,14,18). The van der Waals surface area contributed by atoms with Crippen molar-refractivity contribution in [3.63, 3.8) is 0 Å². The van der Waals surface area contributed by atoms with Crippen molar-refractivity contribution in [2.45, 2.75) is 13.3 Å². The van der Waals surface area contributed by atoms with Crippen LogP contribution in [0.5, 0.6) is 0 Å². The minimum atomic E-state index is -0.563. The number of hydrogen-bond acceptors (Lipinski definition) is 4. The van der Waals surface area contributed by atoms with Gasteiger partial charge in [0, 0.05) is 25.2 Å². The highest BCUT2D eigenvalue weighted by Crippen LogP contribution is 2.26. The highest BCUT2D eigenvalue weighted by atomic mass is 35.5. The van der Waals surface area contributed by atoms with Gasteiger partial charge < -0.3 is 15.3 Å². The van der Waals surface area contributed by atoms with Gasteiger partial charge in [0.25, 0.3) is 5.69 Å². The van der Waals surface area contributed by atoms with Crippen LogP contribution in [0.4, 0.5) is 16.2 Å². The maximum Gasteiger partial charge on any atom is 0.321 e. The lowest BCUT2D eigenvalue weighted by molar-refractivity contribution is -0.384. The van der Waals surface area contributed by atoms with Crippen LogP contribution in [0.2, 0.25) is 5.02 Å². The van der Waals surface area contributed by atoms with Crippen LogP contribution in [-0.4, -0.2) is 40.7 Å². The summed E-state index contributed by atoms with van der Waals surface area (Å²) in [6.45, 7) is 2.49. The second-order valence-electron chi connectivity index (χ2n) is 4.06. The molecule has 0 aromatic heterocycles. The molecule has 20 heavy (non-hydrogen) atoms. The number of amides is 2. The fourth-order valence-electron chi connectivity index (χ4n) is 1.62. The minimum Gasteiger partial charge on any atom is -0.395 e. The van der Waals surface area contributed by atoms with Gasteiger partial charge in [-0.2, -0.15) is 0 Å². The van der Waals surface area contributed by atoms with E-state index in [4.69, 9.17) is 16.7 Å². The first-order valence-corrected chi connectivity index (χ1v) is 6.48. The van der Waals surface area contributed by atoms with Crippen molar-refractivity contribution >= 4 is 29.0 Å². The van der Waals surface area contributed by atoms with E-state index in [1.54, 1.807) is 0 Å². The molecule has 110 valence electrons. The highest BCUT2D eigenvalue weighted by molar-refractivity contribution is 6.33. The second-order valence-corrected chi connectivity index (χ2v) is 4.47. The molecule has 0 aliphatic rings. The number of benzene rings is 1. The molecule has 0 fully saturated rings. The molecule has 1 aromatic rings. The number of hydrogen-bond donors (Lipinski definition) is 2. The Morgan fingerprint density at radius 1 is 1.50 bits per heavy atom. The molecule has 8 heteroatoms. The van der Waals surface area contributed by atoms with Gasteiger partial charge in [-0.25, -0.2) is 4.79 Å². The molecule has 7 nitrogen and oxygen atoms in total. The molecule has 0 unspecified atom stereocenters. The summed E-state index contributed by atoms with van der Waals surface area (Å²) in [7, 11) is 0. The van der Waals surface area contributed by atoms with Gasteiger partial charge in [0.05, 0.1) is 22.2 Å². The van der Waals surface area contributed by atoms with E-state index in [0.29, 0.717) is 12.2 Å². The van der Waals surface area contributed by atoms with Gasteiger partial charge in [-0.05, 0) is 12.5 Å². The zero-order valence-electron chi connectivity index (χ0n) is 11.0. The Labute approximate surface area is 121 Å². The van der Waals surface area contributed by atoms with Crippen LogP contribution in [0.25, 0.3) is 0 Å². The molecule has 0 saturated carbocycles. The molecule has 1 rings (SSSR count). The van der Waals surface area contributed by atoms with E-state index in [1.807, 2.05) is 6.92 Å². The number of carbonyl (C=O) groups excluding carboxylic acids is 1. The van der Waals surface area contributed by atoms with E-state index < -0.39 is 11.0 Å². The number of urea groups is 1. The molecular weight excluding hydrogens is 286 g/mol. The van der Waals surface area contributed by atoms with E-state index in [2.05, 4.69) is 5.32 Å². The molecule has 2 N–H and O–H groups in total. The number of nitrogens with zero attached hydrogens (tertiary/aromatic N) is 2. The number of anilines is 1. The van der Waals surface area contributed by atoms with E-state index in [0.717, 1.165) is 6.42 Å². The third-order valence-electron chi connectivity index (χ3n) is 2.56. The van der Waals surface area contributed by atoms with E-state index >= 15 is 0 Å². The molecule has 0 saturated heterocycles. The lowest BCUT2D eigenvalue weighted by Gasteiger charge is -2.21. The van der Waals surface area contributed by atoms with Crippen LogP contribution >= 0.6 is 11.6 Å². The van der Waals surface area contributed by atoms with Crippen LogP contribution in [0.3, 0.4) is 0 Å². The fourth-order valence-corrected chi connectivity index (χ4v) is 1.84. The number of aliphatic hydroxyl groups excluding tert-OH is 1. The van der Waals surface area contributed by atoms with Crippen LogP contribution in [0, 0.1) is 10.1 Å². The topological polar surface area (TPSA) is 95.7 Å². The zero-order chi connectivity index (χ0) is 15.1. The summed E-state index contributed by atoms with van der Waals surface area (Å²) in [5, 5.41) is 22.2. The molecule has 1 aromatic carbocycles. The fraction of sp³-hybridized carbons (Fsp3) is 0.417. The van der Waals surface area contributed by atoms with E-state index in [-0.39, 0.29) is 23.9 Å². The van der Waals surface area contributed by atoms with Gasteiger partial charge in [0.15, 0.2) is 0 Å². The summed E-state index contributed by atoms with van der Waals surface area (Å²) in [6.07, 6.45) is 0.751. The maximum atomic E-state index is 12.0. The van der Waals surface area contributed by atoms with Gasteiger partial charge in [-0.1, -0.05) is 18.5 Å². The average molecular weight is 302 g/mol. The smallest absolute Gasteiger partial charge is 0.321 e. The zero-order valence-corrected chi connectivity index (χ0v) is 11.8. The molecule has 0 spiro atoms. The summed E-state index contributed by atoms with van der Waals surface area (Å²) < 4.78 is 0. The summed E-state index contributed by atoms with van der Waals surface area (Å²) in [6, 6.07) is 3.41. The normalized spacial score (nSPS) is 10.2. The first-order chi connectivity index (χ1) is 9.49. The van der Waals surface area contributed by atoms with Crippen LogP contribution in [0.15, 0.2) is 18.2 Å². The third-order valence-corrected chi connectivity index (χ3v) is 2.87. The first kappa shape index (κ1) is 16.2. The second kappa shape index (κ2) is 7.66. The Hall–Kier alpha value is -1.86. The molecule has 0 aliphatic carbocycles. The predicted octanol–water partition coefficient (Wildman–Crippen LogP) is 2.48. The number of nitro benzene ring substituents is 1. The molecule has 0 radical (unpaired) electrons. The lowest BCUT2D eigenvalue weighted by Crippen LogP contribution is -2.37. The predicted molar refractivity (Wildman–Crippen MR) is 76.1 cm³/mol. The Kier molecular flexibility index (Phi) is 6.20. The number of nitro groups is 1. The number of aliphatic hydroxyl groups is 1. The van der Waals surface area contributed by atoms with Crippen LogP contribution < -0.4 is 5.32 Å². The maximum absolute atomic E-state index is 12.0. The number of carbonyl (C=O) groups is 1. The van der Waals surface area contributed by atoms with Gasteiger partial charge in [0.1, 0.15) is 0 Å². The lowest BCUT2D eigenvalue weighted by atomic mass is 10.3. The van der Waals surface area contributed by atoms with Crippen molar-refractivity contribution in [2.75, 3.05) is 25.0 Å². The van der Waals surface area contributed by atoms with Crippen molar-refractivity contribution < 1.29 is 14.8 Å². The van der Waals surface area contributed by atoms with E-state index in [1.165, 1.54) is 23.1 Å². The van der Waals surface area contributed by atoms with Crippen molar-refractivity contribution in [1.29, 1.82) is 0 Å². The molecule has 0 atom stereocenters. The minimum absolute atomic E-state index is 0.0907. The molecule has 0 bridgehead atoms. The SMILES string of the molecule is CCCN(CCO)C(=O)Nc1ccc([N+](=O)[O-])cc1Cl. The summed E-state index contributed by atoms with van der Waals surface area (Å²) in [5.41, 5.74) is 0.148. The van der Waals surface area contributed by atoms with Gasteiger partial charge >= 0.3 is 6.03 Å². The summed E-state index contributed by atoms with van der Waals surface area (Å²) in [5.74, 6) is 0.